The highest BCUT2D eigenvalue weighted by atomic mass is 16.8. The van der Waals surface area contributed by atoms with Gasteiger partial charge in [0.05, 0.1) is 6.61 Å². The van der Waals surface area contributed by atoms with Crippen molar-refractivity contribution in [2.45, 2.75) is 64.7 Å². The molecule has 1 aromatic rings. The number of nitrogens with one attached hydrogen (secondary N) is 1. The molecule has 1 N–H and O–H groups in total. The normalized spacial score (nSPS) is 29.4. The predicted molar refractivity (Wildman–Crippen MR) is 104 cm³/mol. The Balaban J connectivity index is 1.55. The van der Waals surface area contributed by atoms with Crippen LogP contribution >= 0.6 is 0 Å². The molecule has 152 valence electrons. The standard InChI is InChI=1S/C21H34N2O4/c1-5-23(6-2)13-12-22-14-17-18(24-15-16-10-8-7-9-11-16)19-20(25-17)27-21(3,4)26-19/h7-11,17-20,22H,5-6,12-15H2,1-4H3. The maximum absolute atomic E-state index is 6.25. The molecule has 2 aliphatic rings. The highest BCUT2D eigenvalue weighted by Gasteiger charge is 2.55. The highest BCUT2D eigenvalue weighted by Crippen LogP contribution is 2.38. The summed E-state index contributed by atoms with van der Waals surface area (Å²) in [4.78, 5) is 2.40. The van der Waals surface area contributed by atoms with Crippen molar-refractivity contribution < 1.29 is 18.9 Å². The largest absolute Gasteiger partial charge is 0.368 e. The summed E-state index contributed by atoms with van der Waals surface area (Å²) in [5, 5.41) is 3.51. The lowest BCUT2D eigenvalue weighted by atomic mass is 10.1. The fourth-order valence-electron chi connectivity index (χ4n) is 3.70. The molecule has 0 bridgehead atoms. The summed E-state index contributed by atoms with van der Waals surface area (Å²) in [6.07, 6.45) is -0.803. The molecule has 3 rings (SSSR count). The average Bonchev–Trinajstić information content (AvgIpc) is 3.12. The molecule has 27 heavy (non-hydrogen) atoms. The molecule has 6 heteroatoms. The van der Waals surface area contributed by atoms with Crippen molar-refractivity contribution >= 4 is 0 Å². The second-order valence-electron chi connectivity index (χ2n) is 7.64. The van der Waals surface area contributed by atoms with Crippen molar-refractivity contribution in [3.8, 4) is 0 Å². The van der Waals surface area contributed by atoms with Gasteiger partial charge in [0.1, 0.15) is 18.3 Å². The van der Waals surface area contributed by atoms with Crippen LogP contribution in [0, 0.1) is 0 Å². The monoisotopic (exact) mass is 378 g/mol. The molecule has 6 nitrogen and oxygen atoms in total. The third-order valence-electron chi connectivity index (χ3n) is 5.22. The average molecular weight is 379 g/mol. The van der Waals surface area contributed by atoms with E-state index in [0.717, 1.165) is 38.3 Å². The number of benzene rings is 1. The van der Waals surface area contributed by atoms with Gasteiger partial charge in [-0.05, 0) is 32.5 Å². The lowest BCUT2D eigenvalue weighted by Crippen LogP contribution is -2.43. The van der Waals surface area contributed by atoms with Crippen molar-refractivity contribution in [1.29, 1.82) is 0 Å². The van der Waals surface area contributed by atoms with Crippen LogP contribution in [0.25, 0.3) is 0 Å². The third-order valence-corrected chi connectivity index (χ3v) is 5.22. The second kappa shape index (κ2) is 9.45. The van der Waals surface area contributed by atoms with Crippen molar-refractivity contribution in [2.75, 3.05) is 32.7 Å². The fraction of sp³-hybridized carbons (Fsp3) is 0.714. The van der Waals surface area contributed by atoms with Crippen LogP contribution in [0.1, 0.15) is 33.3 Å². The first-order valence-corrected chi connectivity index (χ1v) is 10.1. The molecule has 0 amide bonds. The molecule has 0 spiro atoms. The Kier molecular flexibility index (Phi) is 7.25. The van der Waals surface area contributed by atoms with Crippen molar-refractivity contribution in [2.24, 2.45) is 0 Å². The van der Waals surface area contributed by atoms with E-state index in [9.17, 15) is 0 Å². The summed E-state index contributed by atoms with van der Waals surface area (Å²) in [6, 6.07) is 10.2. The van der Waals surface area contributed by atoms with E-state index in [0.29, 0.717) is 6.61 Å². The molecule has 0 aliphatic carbocycles. The summed E-state index contributed by atoms with van der Waals surface area (Å²) in [5.41, 5.74) is 1.15. The smallest absolute Gasteiger partial charge is 0.190 e. The maximum Gasteiger partial charge on any atom is 0.190 e. The SMILES string of the molecule is CCN(CC)CCNCC1OC2OC(C)(C)OC2C1OCc1ccccc1. The Morgan fingerprint density at radius 3 is 2.56 bits per heavy atom. The van der Waals surface area contributed by atoms with E-state index in [1.807, 2.05) is 32.0 Å². The number of likely N-dealkylation sites (N-methyl/N-ethyl adjacent to an activating group) is 1. The molecule has 2 fully saturated rings. The van der Waals surface area contributed by atoms with E-state index >= 15 is 0 Å². The van der Waals surface area contributed by atoms with Crippen LogP contribution in [0.2, 0.25) is 0 Å². The van der Waals surface area contributed by atoms with Gasteiger partial charge in [0.2, 0.25) is 0 Å². The minimum absolute atomic E-state index is 0.0866. The van der Waals surface area contributed by atoms with Gasteiger partial charge in [0.25, 0.3) is 0 Å². The van der Waals surface area contributed by atoms with Crippen LogP contribution < -0.4 is 5.32 Å². The van der Waals surface area contributed by atoms with Crippen molar-refractivity contribution in [3.63, 3.8) is 0 Å². The molecule has 2 saturated heterocycles. The number of rotatable bonds is 10. The first-order chi connectivity index (χ1) is 13.0. The fourth-order valence-corrected chi connectivity index (χ4v) is 3.70. The van der Waals surface area contributed by atoms with Crippen molar-refractivity contribution in [3.05, 3.63) is 35.9 Å². The second-order valence-corrected chi connectivity index (χ2v) is 7.64. The van der Waals surface area contributed by atoms with Gasteiger partial charge in [-0.3, -0.25) is 0 Å². The Hall–Kier alpha value is -1.02. The van der Waals surface area contributed by atoms with E-state index in [1.165, 1.54) is 0 Å². The van der Waals surface area contributed by atoms with Gasteiger partial charge in [-0.25, -0.2) is 0 Å². The Morgan fingerprint density at radius 2 is 1.85 bits per heavy atom. The van der Waals surface area contributed by atoms with E-state index in [-0.39, 0.29) is 24.6 Å². The topological polar surface area (TPSA) is 52.2 Å². The van der Waals surface area contributed by atoms with E-state index in [1.54, 1.807) is 0 Å². The molecule has 0 saturated carbocycles. The van der Waals surface area contributed by atoms with Crippen LogP contribution in [0.15, 0.2) is 30.3 Å². The van der Waals surface area contributed by atoms with Gasteiger partial charge in [-0.2, -0.15) is 0 Å². The zero-order valence-corrected chi connectivity index (χ0v) is 17.0. The number of hydrogen-bond donors (Lipinski definition) is 1. The van der Waals surface area contributed by atoms with E-state index in [2.05, 4.69) is 36.2 Å². The quantitative estimate of drug-likeness (QED) is 0.631. The lowest BCUT2D eigenvalue weighted by Gasteiger charge is -2.26. The van der Waals surface area contributed by atoms with Gasteiger partial charge < -0.3 is 29.2 Å². The van der Waals surface area contributed by atoms with Gasteiger partial charge >= 0.3 is 0 Å². The maximum atomic E-state index is 6.25. The lowest BCUT2D eigenvalue weighted by molar-refractivity contribution is -0.218. The highest BCUT2D eigenvalue weighted by molar-refractivity contribution is 5.13. The van der Waals surface area contributed by atoms with Crippen LogP contribution in [-0.4, -0.2) is 68.0 Å². The Labute approximate surface area is 163 Å². The van der Waals surface area contributed by atoms with Crippen LogP contribution in [0.3, 0.4) is 0 Å². The Bertz CT molecular complexity index is 565. The van der Waals surface area contributed by atoms with Crippen molar-refractivity contribution in [1.82, 2.24) is 10.2 Å². The Morgan fingerprint density at radius 1 is 1.11 bits per heavy atom. The van der Waals surface area contributed by atoms with Gasteiger partial charge in [0.15, 0.2) is 12.1 Å². The number of hydrogen-bond acceptors (Lipinski definition) is 6. The number of nitrogens with zero attached hydrogens (tertiary/aromatic N) is 1. The van der Waals surface area contributed by atoms with Crippen LogP contribution in [-0.2, 0) is 25.6 Å². The summed E-state index contributed by atoms with van der Waals surface area (Å²) >= 11 is 0. The molecule has 4 atom stereocenters. The van der Waals surface area contributed by atoms with Crippen LogP contribution in [0.5, 0.6) is 0 Å². The molecule has 1 aromatic carbocycles. The molecular formula is C21H34N2O4. The summed E-state index contributed by atoms with van der Waals surface area (Å²) in [7, 11) is 0. The van der Waals surface area contributed by atoms with Crippen LogP contribution in [0.4, 0.5) is 0 Å². The molecular weight excluding hydrogens is 344 g/mol. The van der Waals surface area contributed by atoms with E-state index < -0.39 is 5.79 Å². The summed E-state index contributed by atoms with van der Waals surface area (Å²) < 4.78 is 24.4. The number of ether oxygens (including phenoxy) is 4. The third kappa shape index (κ3) is 5.50. The zero-order valence-electron chi connectivity index (χ0n) is 17.0. The van der Waals surface area contributed by atoms with Gasteiger partial charge in [-0.15, -0.1) is 0 Å². The molecule has 2 heterocycles. The molecule has 0 radical (unpaired) electrons. The number of fused-ring (bicyclic) bond motifs is 1. The van der Waals surface area contributed by atoms with E-state index in [4.69, 9.17) is 18.9 Å². The van der Waals surface area contributed by atoms with Gasteiger partial charge in [0, 0.05) is 19.6 Å². The predicted octanol–water partition coefficient (Wildman–Crippen LogP) is 2.38. The zero-order chi connectivity index (χ0) is 19.3. The minimum atomic E-state index is -0.634. The summed E-state index contributed by atoms with van der Waals surface area (Å²) in [5.74, 6) is -0.634. The first-order valence-electron chi connectivity index (χ1n) is 10.1. The molecule has 0 aromatic heterocycles. The minimum Gasteiger partial charge on any atom is -0.368 e. The molecule has 4 unspecified atom stereocenters. The first kappa shape index (κ1) is 20.7. The summed E-state index contributed by atoms with van der Waals surface area (Å²) in [6.45, 7) is 13.6. The van der Waals surface area contributed by atoms with Gasteiger partial charge in [-0.1, -0.05) is 44.2 Å². The molecule has 2 aliphatic heterocycles.